The van der Waals surface area contributed by atoms with Crippen molar-refractivity contribution in [1.82, 2.24) is 4.98 Å². The molecule has 23 heavy (non-hydrogen) atoms. The van der Waals surface area contributed by atoms with E-state index in [1.165, 1.54) is 5.56 Å². The maximum absolute atomic E-state index is 8.82. The van der Waals surface area contributed by atoms with Gasteiger partial charge in [-0.15, -0.1) is 0 Å². The quantitative estimate of drug-likeness (QED) is 0.769. The molecule has 1 aliphatic rings. The van der Waals surface area contributed by atoms with E-state index >= 15 is 0 Å². The first-order valence-corrected chi connectivity index (χ1v) is 8.12. The van der Waals surface area contributed by atoms with Crippen LogP contribution in [0, 0.1) is 11.3 Å². The fourth-order valence-electron chi connectivity index (χ4n) is 2.88. The Balaban J connectivity index is 1.40. The van der Waals surface area contributed by atoms with Crippen LogP contribution in [0.15, 0.2) is 48.7 Å². The van der Waals surface area contributed by atoms with Gasteiger partial charge in [-0.1, -0.05) is 30.3 Å². The number of aryl methyl sites for hydroxylation is 1. The normalized spacial score (nSPS) is 17.2. The highest BCUT2D eigenvalue weighted by atomic mass is 16.5. The molecule has 2 heterocycles. The summed E-state index contributed by atoms with van der Waals surface area (Å²) in [6.07, 6.45) is 5.06. The molecule has 0 bridgehead atoms. The number of hydrogen-bond acceptors (Lipinski definition) is 4. The molecule has 2 aromatic rings. The average Bonchev–Trinajstić information content (AvgIpc) is 3.09. The van der Waals surface area contributed by atoms with Gasteiger partial charge in [0.25, 0.3) is 0 Å². The summed E-state index contributed by atoms with van der Waals surface area (Å²) in [5.41, 5.74) is 1.97. The van der Waals surface area contributed by atoms with Crippen molar-refractivity contribution in [2.24, 2.45) is 0 Å². The highest BCUT2D eigenvalue weighted by Crippen LogP contribution is 2.20. The maximum Gasteiger partial charge on any atom is 0.128 e. The van der Waals surface area contributed by atoms with Crippen LogP contribution in [0.2, 0.25) is 0 Å². The van der Waals surface area contributed by atoms with Crippen LogP contribution in [0.1, 0.15) is 24.0 Å². The summed E-state index contributed by atoms with van der Waals surface area (Å²) in [5, 5.41) is 8.82. The smallest absolute Gasteiger partial charge is 0.128 e. The first-order chi connectivity index (χ1) is 11.3. The van der Waals surface area contributed by atoms with Gasteiger partial charge in [0, 0.05) is 25.9 Å². The molecule has 0 spiro atoms. The lowest BCUT2D eigenvalue weighted by molar-refractivity contribution is 0.0666. The van der Waals surface area contributed by atoms with Crippen molar-refractivity contribution in [2.75, 3.05) is 24.6 Å². The summed E-state index contributed by atoms with van der Waals surface area (Å²) in [6.45, 7) is 2.64. The molecule has 0 amide bonds. The minimum absolute atomic E-state index is 0.281. The molecule has 0 unspecified atom stereocenters. The van der Waals surface area contributed by atoms with Gasteiger partial charge in [-0.2, -0.15) is 5.26 Å². The van der Waals surface area contributed by atoms with Crippen molar-refractivity contribution in [1.29, 1.82) is 5.26 Å². The first-order valence-electron chi connectivity index (χ1n) is 8.12. The molecular weight excluding hydrogens is 286 g/mol. The summed E-state index contributed by atoms with van der Waals surface area (Å²) in [7, 11) is 0. The molecule has 0 N–H and O–H groups in total. The molecule has 1 fully saturated rings. The Kier molecular flexibility index (Phi) is 5.23. The van der Waals surface area contributed by atoms with Crippen LogP contribution in [0.25, 0.3) is 0 Å². The first kappa shape index (κ1) is 15.5. The van der Waals surface area contributed by atoms with E-state index in [-0.39, 0.29) is 6.10 Å². The van der Waals surface area contributed by atoms with Gasteiger partial charge in [0.15, 0.2) is 0 Å². The van der Waals surface area contributed by atoms with E-state index < -0.39 is 0 Å². The van der Waals surface area contributed by atoms with Crippen LogP contribution in [0.3, 0.4) is 0 Å². The number of hydrogen-bond donors (Lipinski definition) is 0. The van der Waals surface area contributed by atoms with Gasteiger partial charge in [-0.25, -0.2) is 4.98 Å². The van der Waals surface area contributed by atoms with E-state index in [0.717, 1.165) is 44.8 Å². The second-order valence-corrected chi connectivity index (χ2v) is 5.83. The van der Waals surface area contributed by atoms with Gasteiger partial charge >= 0.3 is 0 Å². The Bertz CT molecular complexity index is 649. The molecule has 0 saturated carbocycles. The number of ether oxygens (including phenoxy) is 1. The largest absolute Gasteiger partial charge is 0.376 e. The average molecular weight is 307 g/mol. The van der Waals surface area contributed by atoms with E-state index in [1.54, 1.807) is 6.20 Å². The van der Waals surface area contributed by atoms with Crippen molar-refractivity contribution in [3.05, 3.63) is 59.8 Å². The Morgan fingerprint density at radius 2 is 2.09 bits per heavy atom. The zero-order valence-corrected chi connectivity index (χ0v) is 13.2. The van der Waals surface area contributed by atoms with Gasteiger partial charge < -0.3 is 9.64 Å². The topological polar surface area (TPSA) is 49.2 Å². The van der Waals surface area contributed by atoms with Gasteiger partial charge in [0.1, 0.15) is 11.9 Å². The summed E-state index contributed by atoms with van der Waals surface area (Å²) >= 11 is 0. The number of nitrogens with zero attached hydrogens (tertiary/aromatic N) is 3. The third-order valence-electron chi connectivity index (χ3n) is 4.15. The lowest BCUT2D eigenvalue weighted by Gasteiger charge is -2.17. The highest BCUT2D eigenvalue weighted by molar-refractivity contribution is 5.42. The van der Waals surface area contributed by atoms with Crippen molar-refractivity contribution in [3.63, 3.8) is 0 Å². The Morgan fingerprint density at radius 1 is 1.22 bits per heavy atom. The van der Waals surface area contributed by atoms with E-state index in [0.29, 0.717) is 5.56 Å². The number of anilines is 1. The van der Waals surface area contributed by atoms with Gasteiger partial charge in [0.05, 0.1) is 11.7 Å². The van der Waals surface area contributed by atoms with Crippen LogP contribution >= 0.6 is 0 Å². The second-order valence-electron chi connectivity index (χ2n) is 5.83. The Hall–Kier alpha value is -2.38. The van der Waals surface area contributed by atoms with E-state index in [2.05, 4.69) is 40.2 Å². The highest BCUT2D eigenvalue weighted by Gasteiger charge is 2.23. The lowest BCUT2D eigenvalue weighted by Crippen LogP contribution is -2.24. The fraction of sp³-hybridized carbons (Fsp3) is 0.368. The van der Waals surface area contributed by atoms with Crippen LogP contribution in [-0.2, 0) is 11.2 Å². The maximum atomic E-state index is 8.82. The molecule has 0 radical (unpaired) electrons. The number of aromatic nitrogens is 1. The van der Waals surface area contributed by atoms with Gasteiger partial charge in [-0.3, -0.25) is 0 Å². The van der Waals surface area contributed by atoms with E-state index in [9.17, 15) is 0 Å². The predicted octanol–water partition coefficient (Wildman–Crippen LogP) is 3.18. The van der Waals surface area contributed by atoms with Crippen LogP contribution < -0.4 is 4.90 Å². The number of pyridine rings is 1. The third-order valence-corrected chi connectivity index (χ3v) is 4.15. The molecule has 1 aromatic carbocycles. The molecule has 118 valence electrons. The van der Waals surface area contributed by atoms with Gasteiger partial charge in [-0.05, 0) is 37.0 Å². The summed E-state index contributed by atoms with van der Waals surface area (Å²) in [6, 6.07) is 16.3. The summed E-state index contributed by atoms with van der Waals surface area (Å²) < 4.78 is 6.00. The third kappa shape index (κ3) is 4.30. The Labute approximate surface area is 137 Å². The molecule has 1 aromatic heterocycles. The standard InChI is InChI=1S/C19H21N3O/c20-13-17-8-9-19(21-14-17)22-11-10-18(15-22)23-12-4-7-16-5-2-1-3-6-16/h1-3,5-6,8-9,14,18H,4,7,10-12,15H2/t18-/m0/s1. The zero-order chi connectivity index (χ0) is 15.9. The number of benzene rings is 1. The van der Waals surface area contributed by atoms with Crippen molar-refractivity contribution < 1.29 is 4.74 Å². The summed E-state index contributed by atoms with van der Waals surface area (Å²) in [4.78, 5) is 6.58. The number of rotatable bonds is 6. The zero-order valence-electron chi connectivity index (χ0n) is 13.2. The SMILES string of the molecule is N#Cc1ccc(N2CC[C@H](OCCCc3ccccc3)C2)nc1. The van der Waals surface area contributed by atoms with Crippen LogP contribution in [0.4, 0.5) is 5.82 Å². The Morgan fingerprint density at radius 3 is 2.83 bits per heavy atom. The molecule has 1 aliphatic heterocycles. The van der Waals surface area contributed by atoms with Crippen molar-refractivity contribution >= 4 is 5.82 Å². The molecular formula is C19H21N3O. The minimum Gasteiger partial charge on any atom is -0.376 e. The second kappa shape index (κ2) is 7.75. The predicted molar refractivity (Wildman–Crippen MR) is 90.3 cm³/mol. The molecule has 1 saturated heterocycles. The molecule has 4 heteroatoms. The number of nitriles is 1. The van der Waals surface area contributed by atoms with E-state index in [1.807, 2.05) is 18.2 Å². The molecule has 4 nitrogen and oxygen atoms in total. The monoisotopic (exact) mass is 307 g/mol. The lowest BCUT2D eigenvalue weighted by atomic mass is 10.1. The summed E-state index contributed by atoms with van der Waals surface area (Å²) in [5.74, 6) is 0.930. The van der Waals surface area contributed by atoms with Gasteiger partial charge in [0.2, 0.25) is 0 Å². The van der Waals surface area contributed by atoms with E-state index in [4.69, 9.17) is 10.00 Å². The van der Waals surface area contributed by atoms with Crippen LogP contribution in [0.5, 0.6) is 0 Å². The molecule has 3 rings (SSSR count). The molecule has 0 aliphatic carbocycles. The van der Waals surface area contributed by atoms with Crippen molar-refractivity contribution in [2.45, 2.75) is 25.4 Å². The minimum atomic E-state index is 0.281. The molecule has 1 atom stereocenters. The fourth-order valence-corrected chi connectivity index (χ4v) is 2.88. The van der Waals surface area contributed by atoms with Crippen molar-refractivity contribution in [3.8, 4) is 6.07 Å². The van der Waals surface area contributed by atoms with Crippen LogP contribution in [-0.4, -0.2) is 30.8 Å².